The normalized spacial score (nSPS) is 40.7. The van der Waals surface area contributed by atoms with Crippen molar-refractivity contribution >= 4 is 52.8 Å². The largest absolute Gasteiger partial charge is 0.466 e. The maximum atomic E-state index is 13.1. The first kappa shape index (κ1) is 32.0. The molecule has 0 radical (unpaired) electrons. The summed E-state index contributed by atoms with van der Waals surface area (Å²) >= 11 is 17.5. The van der Waals surface area contributed by atoms with E-state index >= 15 is 0 Å². The van der Waals surface area contributed by atoms with E-state index in [2.05, 4.69) is 19.2 Å². The van der Waals surface area contributed by atoms with Gasteiger partial charge in [0.25, 0.3) is 0 Å². The maximum absolute atomic E-state index is 13.1. The molecule has 0 aromatic carbocycles. The van der Waals surface area contributed by atoms with Crippen molar-refractivity contribution in [3.63, 3.8) is 0 Å². The highest BCUT2D eigenvalue weighted by molar-refractivity contribution is 6.67. The molecule has 0 spiro atoms. The molecule has 4 saturated carbocycles. The average Bonchev–Trinajstić information content (AvgIpc) is 3.19. The number of halogens is 3. The van der Waals surface area contributed by atoms with E-state index in [1.807, 2.05) is 13.8 Å². The molecule has 1 amide bonds. The number of amides is 1. The predicted octanol–water partition coefficient (Wildman–Crippen LogP) is 6.23. The van der Waals surface area contributed by atoms with Gasteiger partial charge in [0, 0.05) is 19.6 Å². The van der Waals surface area contributed by atoms with Crippen LogP contribution in [0, 0.1) is 40.4 Å². The van der Waals surface area contributed by atoms with Crippen LogP contribution in [0.5, 0.6) is 0 Å². The van der Waals surface area contributed by atoms with Crippen LogP contribution in [0.25, 0.3) is 0 Å². The van der Waals surface area contributed by atoms with Gasteiger partial charge in [-0.25, -0.2) is 4.79 Å². The van der Waals surface area contributed by atoms with Gasteiger partial charge < -0.3 is 24.3 Å². The number of carbonyl (C=O) groups excluding carboxylic acids is 3. The first-order chi connectivity index (χ1) is 18.7. The molecule has 4 aliphatic carbocycles. The molecular formula is C29H44Cl3NO7. The fourth-order valence-electron chi connectivity index (χ4n) is 9.25. The minimum absolute atomic E-state index is 0.117. The van der Waals surface area contributed by atoms with E-state index in [0.29, 0.717) is 37.4 Å². The zero-order valence-corrected chi connectivity index (χ0v) is 26.4. The first-order valence-electron chi connectivity index (χ1n) is 14.7. The number of hydrogen-bond donors (Lipinski definition) is 1. The van der Waals surface area contributed by atoms with E-state index in [1.165, 1.54) is 6.92 Å². The van der Waals surface area contributed by atoms with Gasteiger partial charge in [-0.2, -0.15) is 0 Å². The number of hydrogen-bond acceptors (Lipinski definition) is 7. The van der Waals surface area contributed by atoms with E-state index in [4.69, 9.17) is 53.8 Å². The van der Waals surface area contributed by atoms with E-state index in [1.54, 1.807) is 0 Å². The summed E-state index contributed by atoms with van der Waals surface area (Å²) in [5.41, 5.74) is -0.506. The van der Waals surface area contributed by atoms with E-state index in [0.717, 1.165) is 38.5 Å². The Morgan fingerprint density at radius 2 is 1.65 bits per heavy atom. The fourth-order valence-corrected chi connectivity index (χ4v) is 9.41. The molecule has 5 unspecified atom stereocenters. The van der Waals surface area contributed by atoms with Gasteiger partial charge in [0.2, 0.25) is 3.79 Å². The van der Waals surface area contributed by atoms with Crippen LogP contribution in [0.3, 0.4) is 0 Å². The van der Waals surface area contributed by atoms with Crippen LogP contribution in [-0.2, 0) is 28.5 Å². The fraction of sp³-hybridized carbons (Fsp3) is 0.897. The third kappa shape index (κ3) is 6.35. The summed E-state index contributed by atoms with van der Waals surface area (Å²) in [7, 11) is 0. The summed E-state index contributed by atoms with van der Waals surface area (Å²) in [6.45, 7) is 10.2. The Kier molecular flexibility index (Phi) is 9.86. The van der Waals surface area contributed by atoms with Crippen molar-refractivity contribution in [2.75, 3.05) is 19.8 Å². The van der Waals surface area contributed by atoms with Gasteiger partial charge >= 0.3 is 18.0 Å². The molecule has 0 aliphatic heterocycles. The monoisotopic (exact) mass is 623 g/mol. The quantitative estimate of drug-likeness (QED) is 0.204. The lowest BCUT2D eigenvalue weighted by atomic mass is 9.43. The number of fused-ring (bicyclic) bond motifs is 5. The number of alkyl carbamates (subject to hydrolysis) is 1. The van der Waals surface area contributed by atoms with Crippen LogP contribution >= 0.6 is 34.8 Å². The highest BCUT2D eigenvalue weighted by Crippen LogP contribution is 2.67. The standard InChI is InChI=1S/C29H44Cl3NO7/c1-6-37-23-14-27(4)17(12-22(23)40-16(3)34)8-9-18-19-10-11-20(25(35)38-7-2)28(19,5)13-21(24(18)27)33-26(36)39-15-29(30,31)32/h17-24H,6-15H2,1-5H3,(H,33,36)/t17?,18-,19-,20?,21?,22?,23?,24-,27-,28-/m0/s1. The van der Waals surface area contributed by atoms with Gasteiger partial charge in [0.05, 0.1) is 18.6 Å². The maximum Gasteiger partial charge on any atom is 0.407 e. The number of nitrogens with one attached hydrogen (secondary N) is 1. The molecular weight excluding hydrogens is 581 g/mol. The molecule has 4 rings (SSSR count). The van der Waals surface area contributed by atoms with Crippen molar-refractivity contribution < 1.29 is 33.3 Å². The number of ether oxygens (including phenoxy) is 4. The summed E-state index contributed by atoms with van der Waals surface area (Å²) in [4.78, 5) is 38.1. The minimum Gasteiger partial charge on any atom is -0.466 e. The molecule has 4 aliphatic rings. The van der Waals surface area contributed by atoms with Gasteiger partial charge in [0.15, 0.2) is 0 Å². The van der Waals surface area contributed by atoms with Crippen molar-refractivity contribution in [3.8, 4) is 0 Å². The SMILES string of the molecule is CCOC(=O)C1CC[C@H]2[C@@H]3CCC4CC(OC(C)=O)C(OCC)C[C@]4(C)[C@@H]3C(NC(=O)OCC(Cl)(Cl)Cl)C[C@]12C. The highest BCUT2D eigenvalue weighted by atomic mass is 35.6. The summed E-state index contributed by atoms with van der Waals surface area (Å²) in [5, 5.41) is 3.15. The molecule has 10 atom stereocenters. The molecule has 0 heterocycles. The van der Waals surface area contributed by atoms with E-state index in [9.17, 15) is 14.4 Å². The lowest BCUT2D eigenvalue weighted by molar-refractivity contribution is -0.195. The topological polar surface area (TPSA) is 100 Å². The Morgan fingerprint density at radius 3 is 2.27 bits per heavy atom. The Labute approximate surface area is 252 Å². The Bertz CT molecular complexity index is 960. The van der Waals surface area contributed by atoms with Crippen molar-refractivity contribution in [2.45, 2.75) is 102 Å². The minimum atomic E-state index is -1.72. The molecule has 11 heteroatoms. The molecule has 1 N–H and O–H groups in total. The van der Waals surface area contributed by atoms with Gasteiger partial charge in [0.1, 0.15) is 12.7 Å². The van der Waals surface area contributed by atoms with E-state index in [-0.39, 0.29) is 59.5 Å². The lowest BCUT2D eigenvalue weighted by Gasteiger charge is -2.63. The number of esters is 2. The van der Waals surface area contributed by atoms with E-state index < -0.39 is 9.89 Å². The molecule has 228 valence electrons. The summed E-state index contributed by atoms with van der Waals surface area (Å²) in [6, 6.07) is -0.260. The van der Waals surface area contributed by atoms with Crippen LogP contribution < -0.4 is 5.32 Å². The Hall–Kier alpha value is -0.960. The predicted molar refractivity (Wildman–Crippen MR) is 152 cm³/mol. The summed E-state index contributed by atoms with van der Waals surface area (Å²) in [6.07, 6.45) is 4.63. The third-order valence-corrected chi connectivity index (χ3v) is 10.9. The van der Waals surface area contributed by atoms with Gasteiger partial charge in [-0.15, -0.1) is 0 Å². The van der Waals surface area contributed by atoms with Crippen LogP contribution in [0.1, 0.15) is 79.6 Å². The van der Waals surface area contributed by atoms with Crippen molar-refractivity contribution in [3.05, 3.63) is 0 Å². The first-order valence-corrected chi connectivity index (χ1v) is 15.8. The number of carbonyl (C=O) groups is 3. The van der Waals surface area contributed by atoms with Crippen LogP contribution in [0.15, 0.2) is 0 Å². The second kappa shape index (κ2) is 12.3. The Balaban J connectivity index is 1.68. The zero-order valence-electron chi connectivity index (χ0n) is 24.2. The lowest BCUT2D eigenvalue weighted by Crippen LogP contribution is -2.64. The molecule has 40 heavy (non-hydrogen) atoms. The molecule has 0 bridgehead atoms. The summed E-state index contributed by atoms with van der Waals surface area (Å²) in [5.74, 6) is 0.368. The molecule has 8 nitrogen and oxygen atoms in total. The van der Waals surface area contributed by atoms with Gasteiger partial charge in [-0.3, -0.25) is 9.59 Å². The van der Waals surface area contributed by atoms with Crippen molar-refractivity contribution in [2.24, 2.45) is 40.4 Å². The molecule has 0 aromatic heterocycles. The van der Waals surface area contributed by atoms with Crippen molar-refractivity contribution in [1.82, 2.24) is 5.32 Å². The number of alkyl halides is 3. The molecule has 0 saturated heterocycles. The summed E-state index contributed by atoms with van der Waals surface area (Å²) < 4.78 is 21.0. The van der Waals surface area contributed by atoms with Crippen LogP contribution in [0.4, 0.5) is 4.79 Å². The second-order valence-electron chi connectivity index (χ2n) is 12.7. The third-order valence-electron chi connectivity index (χ3n) is 10.5. The highest BCUT2D eigenvalue weighted by Gasteiger charge is 2.65. The Morgan fingerprint density at radius 1 is 0.925 bits per heavy atom. The number of rotatable bonds is 7. The van der Waals surface area contributed by atoms with Crippen molar-refractivity contribution in [1.29, 1.82) is 0 Å². The van der Waals surface area contributed by atoms with Crippen LogP contribution in [-0.4, -0.2) is 59.9 Å². The van der Waals surface area contributed by atoms with Gasteiger partial charge in [-0.05, 0) is 93.3 Å². The zero-order chi connectivity index (χ0) is 29.5. The second-order valence-corrected chi connectivity index (χ2v) is 15.2. The van der Waals surface area contributed by atoms with Crippen LogP contribution in [0.2, 0.25) is 0 Å². The average molecular weight is 625 g/mol. The van der Waals surface area contributed by atoms with Gasteiger partial charge in [-0.1, -0.05) is 48.7 Å². The molecule has 4 fully saturated rings. The molecule has 0 aromatic rings. The smallest absolute Gasteiger partial charge is 0.407 e.